The van der Waals surface area contributed by atoms with Crippen LogP contribution in [-0.4, -0.2) is 24.3 Å². The van der Waals surface area contributed by atoms with Gasteiger partial charge in [-0.2, -0.15) is 0 Å². The van der Waals surface area contributed by atoms with Gasteiger partial charge in [-0.1, -0.05) is 15.9 Å². The van der Waals surface area contributed by atoms with Crippen LogP contribution in [0.4, 0.5) is 0 Å². The summed E-state index contributed by atoms with van der Waals surface area (Å²) in [6.07, 6.45) is 0. The first kappa shape index (κ1) is 13.0. The molecule has 0 amide bonds. The molecule has 0 aromatic heterocycles. The second-order valence-electron chi connectivity index (χ2n) is 3.08. The molecule has 3 nitrogen and oxygen atoms in total. The van der Waals surface area contributed by atoms with Gasteiger partial charge in [0.15, 0.2) is 5.78 Å². The Hall–Kier alpha value is -1.03. The van der Waals surface area contributed by atoms with Crippen LogP contribution in [0.25, 0.3) is 0 Å². The quantitative estimate of drug-likeness (QED) is 0.596. The van der Waals surface area contributed by atoms with Crippen LogP contribution in [0.15, 0.2) is 18.2 Å². The van der Waals surface area contributed by atoms with Crippen LogP contribution < -0.4 is 9.47 Å². The van der Waals surface area contributed by atoms with Crippen LogP contribution in [-0.2, 0) is 0 Å². The zero-order valence-corrected chi connectivity index (χ0v) is 11.0. The molecule has 88 valence electrons. The average Bonchev–Trinajstić information content (AvgIpc) is 2.31. The minimum absolute atomic E-state index is 0.00926. The molecule has 0 N–H and O–H groups in total. The standard InChI is InChI=1S/C12H15BrO3/c1-3-15-9-5-6-12(16-4-2)10(7-9)11(14)8-13/h5-7H,3-4,8H2,1-2H3. The van der Waals surface area contributed by atoms with E-state index in [1.807, 2.05) is 13.8 Å². The summed E-state index contributed by atoms with van der Waals surface area (Å²) in [6, 6.07) is 5.29. The van der Waals surface area contributed by atoms with Crippen molar-refractivity contribution in [2.45, 2.75) is 13.8 Å². The molecule has 0 radical (unpaired) electrons. The third-order valence-electron chi connectivity index (χ3n) is 1.98. The third-order valence-corrected chi connectivity index (χ3v) is 2.49. The van der Waals surface area contributed by atoms with E-state index in [4.69, 9.17) is 9.47 Å². The lowest BCUT2D eigenvalue weighted by molar-refractivity contribution is 0.101. The molecule has 0 bridgehead atoms. The predicted molar refractivity (Wildman–Crippen MR) is 66.9 cm³/mol. The molecule has 16 heavy (non-hydrogen) atoms. The van der Waals surface area contributed by atoms with Gasteiger partial charge in [-0.25, -0.2) is 0 Å². The number of carbonyl (C=O) groups excluding carboxylic acids is 1. The molecule has 1 rings (SSSR count). The fourth-order valence-electron chi connectivity index (χ4n) is 1.34. The summed E-state index contributed by atoms with van der Waals surface area (Å²) in [7, 11) is 0. The van der Waals surface area contributed by atoms with Gasteiger partial charge in [-0.15, -0.1) is 0 Å². The van der Waals surface area contributed by atoms with Gasteiger partial charge < -0.3 is 9.47 Å². The molecular formula is C12H15BrO3. The number of rotatable bonds is 6. The average molecular weight is 287 g/mol. The number of Topliss-reactive ketones (excluding diaryl/α,β-unsaturated/α-hetero) is 1. The number of ether oxygens (including phenoxy) is 2. The Morgan fingerprint density at radius 3 is 2.50 bits per heavy atom. The van der Waals surface area contributed by atoms with Crippen molar-refractivity contribution in [2.75, 3.05) is 18.5 Å². The van der Waals surface area contributed by atoms with Crippen LogP contribution >= 0.6 is 15.9 Å². The van der Waals surface area contributed by atoms with Crippen LogP contribution in [0.3, 0.4) is 0 Å². The van der Waals surface area contributed by atoms with Gasteiger partial charge in [0.05, 0.1) is 24.1 Å². The first-order valence-electron chi connectivity index (χ1n) is 5.21. The Kier molecular flexibility index (Phi) is 5.32. The van der Waals surface area contributed by atoms with E-state index in [2.05, 4.69) is 15.9 Å². The van der Waals surface area contributed by atoms with E-state index in [1.165, 1.54) is 0 Å². The van der Waals surface area contributed by atoms with Crippen molar-refractivity contribution in [3.63, 3.8) is 0 Å². The van der Waals surface area contributed by atoms with Crippen molar-refractivity contribution in [1.82, 2.24) is 0 Å². The maximum atomic E-state index is 11.7. The summed E-state index contributed by atoms with van der Waals surface area (Å²) < 4.78 is 10.7. The summed E-state index contributed by atoms with van der Waals surface area (Å²) >= 11 is 3.15. The van der Waals surface area contributed by atoms with Crippen LogP contribution in [0.5, 0.6) is 11.5 Å². The number of halogens is 1. The monoisotopic (exact) mass is 286 g/mol. The summed E-state index contributed by atoms with van der Waals surface area (Å²) in [5.41, 5.74) is 0.560. The summed E-state index contributed by atoms with van der Waals surface area (Å²) in [4.78, 5) is 11.7. The van der Waals surface area contributed by atoms with Crippen molar-refractivity contribution >= 4 is 21.7 Å². The van der Waals surface area contributed by atoms with Crippen molar-refractivity contribution in [2.24, 2.45) is 0 Å². The highest BCUT2D eigenvalue weighted by Gasteiger charge is 2.12. The number of ketones is 1. The van der Waals surface area contributed by atoms with Gasteiger partial charge in [0, 0.05) is 0 Å². The smallest absolute Gasteiger partial charge is 0.177 e. The van der Waals surface area contributed by atoms with E-state index in [9.17, 15) is 4.79 Å². The van der Waals surface area contributed by atoms with E-state index in [1.54, 1.807) is 18.2 Å². The Morgan fingerprint density at radius 1 is 1.25 bits per heavy atom. The van der Waals surface area contributed by atoms with Crippen molar-refractivity contribution < 1.29 is 14.3 Å². The van der Waals surface area contributed by atoms with Gasteiger partial charge in [0.25, 0.3) is 0 Å². The second kappa shape index (κ2) is 6.53. The van der Waals surface area contributed by atoms with Gasteiger partial charge in [-0.05, 0) is 32.0 Å². The Labute approximate surface area is 104 Å². The molecule has 0 aliphatic heterocycles. The topological polar surface area (TPSA) is 35.5 Å². The largest absolute Gasteiger partial charge is 0.494 e. The SMILES string of the molecule is CCOc1ccc(OCC)c(C(=O)CBr)c1. The predicted octanol–water partition coefficient (Wildman–Crippen LogP) is 3.06. The van der Waals surface area contributed by atoms with Crippen LogP contribution in [0, 0.1) is 0 Å². The highest BCUT2D eigenvalue weighted by Crippen LogP contribution is 2.25. The van der Waals surface area contributed by atoms with E-state index < -0.39 is 0 Å². The van der Waals surface area contributed by atoms with E-state index in [0.29, 0.717) is 30.3 Å². The Morgan fingerprint density at radius 2 is 1.94 bits per heavy atom. The summed E-state index contributed by atoms with van der Waals surface area (Å²) in [6.45, 7) is 4.91. The minimum Gasteiger partial charge on any atom is -0.494 e. The normalized spacial score (nSPS) is 9.94. The lowest BCUT2D eigenvalue weighted by atomic mass is 10.1. The maximum Gasteiger partial charge on any atom is 0.177 e. The molecule has 4 heteroatoms. The zero-order valence-electron chi connectivity index (χ0n) is 9.46. The molecular weight excluding hydrogens is 272 g/mol. The first-order chi connectivity index (χ1) is 7.72. The highest BCUT2D eigenvalue weighted by atomic mass is 79.9. The molecule has 0 spiro atoms. The lowest BCUT2D eigenvalue weighted by Gasteiger charge is -2.10. The van der Waals surface area contributed by atoms with Crippen molar-refractivity contribution in [3.05, 3.63) is 23.8 Å². The zero-order chi connectivity index (χ0) is 12.0. The molecule has 1 aromatic carbocycles. The minimum atomic E-state index is -0.00926. The number of carbonyl (C=O) groups is 1. The van der Waals surface area contributed by atoms with Gasteiger partial charge in [-0.3, -0.25) is 4.79 Å². The third kappa shape index (κ3) is 3.23. The van der Waals surface area contributed by atoms with Crippen LogP contribution in [0.2, 0.25) is 0 Å². The second-order valence-corrected chi connectivity index (χ2v) is 3.64. The molecule has 0 unspecified atom stereocenters. The Bertz CT molecular complexity index is 363. The van der Waals surface area contributed by atoms with Gasteiger partial charge in [0.2, 0.25) is 0 Å². The maximum absolute atomic E-state index is 11.7. The van der Waals surface area contributed by atoms with Gasteiger partial charge >= 0.3 is 0 Å². The highest BCUT2D eigenvalue weighted by molar-refractivity contribution is 9.09. The van der Waals surface area contributed by atoms with E-state index in [0.717, 1.165) is 0 Å². The number of benzene rings is 1. The molecule has 0 atom stereocenters. The van der Waals surface area contributed by atoms with E-state index >= 15 is 0 Å². The molecule has 0 aliphatic carbocycles. The lowest BCUT2D eigenvalue weighted by Crippen LogP contribution is -2.05. The Balaban J connectivity index is 3.05. The number of alkyl halides is 1. The fourth-order valence-corrected chi connectivity index (χ4v) is 1.64. The summed E-state index contributed by atoms with van der Waals surface area (Å²) in [5.74, 6) is 1.29. The van der Waals surface area contributed by atoms with Crippen molar-refractivity contribution in [3.8, 4) is 11.5 Å². The first-order valence-corrected chi connectivity index (χ1v) is 6.33. The fraction of sp³-hybridized carbons (Fsp3) is 0.417. The van der Waals surface area contributed by atoms with Crippen LogP contribution in [0.1, 0.15) is 24.2 Å². The molecule has 0 fully saturated rings. The van der Waals surface area contributed by atoms with Gasteiger partial charge in [0.1, 0.15) is 11.5 Å². The molecule has 0 aliphatic rings. The molecule has 0 saturated heterocycles. The number of hydrogen-bond acceptors (Lipinski definition) is 3. The molecule has 1 aromatic rings. The molecule has 0 heterocycles. The molecule has 0 saturated carbocycles. The van der Waals surface area contributed by atoms with E-state index in [-0.39, 0.29) is 11.1 Å². The number of hydrogen-bond donors (Lipinski definition) is 0. The summed E-state index contributed by atoms with van der Waals surface area (Å²) in [5, 5.41) is 0.280. The van der Waals surface area contributed by atoms with Crippen molar-refractivity contribution in [1.29, 1.82) is 0 Å².